The lowest BCUT2D eigenvalue weighted by atomic mass is 10.1. The number of hydrogen-bond donors (Lipinski definition) is 1. The number of aryl methyl sites for hydroxylation is 2. The maximum atomic E-state index is 5.43. The first-order valence-corrected chi connectivity index (χ1v) is 6.62. The number of hydrogen-bond acceptors (Lipinski definition) is 5. The monoisotopic (exact) mass is 275 g/mol. The van der Waals surface area contributed by atoms with Gasteiger partial charge in [0.25, 0.3) is 0 Å². The van der Waals surface area contributed by atoms with Crippen molar-refractivity contribution in [1.29, 1.82) is 0 Å². The maximum Gasteiger partial charge on any atom is 0.222 e. The van der Waals surface area contributed by atoms with Crippen molar-refractivity contribution in [3.05, 3.63) is 17.5 Å². The Balaban J connectivity index is 2.66. The highest BCUT2D eigenvalue weighted by atomic mass is 16.5. The van der Waals surface area contributed by atoms with E-state index in [-0.39, 0.29) is 0 Å². The number of nitrogens with zero attached hydrogens (tertiary/aromatic N) is 4. The minimum Gasteiger partial charge on any atom is -0.481 e. The number of aromatic nitrogens is 4. The highest BCUT2D eigenvalue weighted by Gasteiger charge is 2.20. The molecule has 6 nitrogen and oxygen atoms in total. The number of anilines is 1. The molecular formula is C14H21N5O. The fourth-order valence-corrected chi connectivity index (χ4v) is 2.13. The van der Waals surface area contributed by atoms with Gasteiger partial charge in [-0.05, 0) is 12.8 Å². The number of methoxy groups -OCH3 is 1. The summed E-state index contributed by atoms with van der Waals surface area (Å²) in [6.07, 6.45) is 0. The van der Waals surface area contributed by atoms with Crippen LogP contribution in [-0.4, -0.2) is 33.9 Å². The zero-order valence-electron chi connectivity index (χ0n) is 12.9. The van der Waals surface area contributed by atoms with Gasteiger partial charge in [-0.3, -0.25) is 0 Å². The molecule has 0 bridgehead atoms. The van der Waals surface area contributed by atoms with Crippen molar-refractivity contribution in [2.75, 3.05) is 19.5 Å². The summed E-state index contributed by atoms with van der Waals surface area (Å²) >= 11 is 0. The van der Waals surface area contributed by atoms with Crippen LogP contribution < -0.4 is 10.1 Å². The minimum absolute atomic E-state index is 0.326. The Labute approximate surface area is 119 Å². The molecule has 2 heterocycles. The Morgan fingerprint density at radius 2 is 2.00 bits per heavy atom. The Bertz CT molecular complexity index is 618. The van der Waals surface area contributed by atoms with Crippen molar-refractivity contribution in [2.45, 2.75) is 26.7 Å². The number of ether oxygens (including phenoxy) is 1. The fraction of sp³-hybridized carbons (Fsp3) is 0.500. The predicted octanol–water partition coefficient (Wildman–Crippen LogP) is 2.36. The lowest BCUT2D eigenvalue weighted by Gasteiger charge is -2.10. The molecule has 0 amide bonds. The summed E-state index contributed by atoms with van der Waals surface area (Å²) in [5.41, 5.74) is 2.69. The molecule has 0 aliphatic rings. The Hall–Kier alpha value is -2.11. The van der Waals surface area contributed by atoms with E-state index in [0.29, 0.717) is 17.6 Å². The van der Waals surface area contributed by atoms with Crippen LogP contribution in [0.4, 0.5) is 5.82 Å². The van der Waals surface area contributed by atoms with Crippen LogP contribution in [0.3, 0.4) is 0 Å². The van der Waals surface area contributed by atoms with E-state index in [1.165, 1.54) is 0 Å². The topological polar surface area (TPSA) is 64.9 Å². The molecule has 1 N–H and O–H groups in total. The van der Waals surface area contributed by atoms with Crippen molar-refractivity contribution in [3.63, 3.8) is 0 Å². The third kappa shape index (κ3) is 2.45. The van der Waals surface area contributed by atoms with E-state index in [1.807, 2.05) is 27.1 Å². The summed E-state index contributed by atoms with van der Waals surface area (Å²) in [6.45, 7) is 6.15. The predicted molar refractivity (Wildman–Crippen MR) is 79.2 cm³/mol. The zero-order chi connectivity index (χ0) is 14.9. The molecule has 6 heteroatoms. The van der Waals surface area contributed by atoms with Gasteiger partial charge in [-0.15, -0.1) is 0 Å². The van der Waals surface area contributed by atoms with Gasteiger partial charge in [-0.25, -0.2) is 14.6 Å². The van der Waals surface area contributed by atoms with E-state index in [9.17, 15) is 0 Å². The third-order valence-electron chi connectivity index (χ3n) is 3.18. The Morgan fingerprint density at radius 1 is 1.30 bits per heavy atom. The SMILES string of the molecule is CNc1cc(C(C)C)nc(-c2c(C)nn(C)c2OC)n1. The average molecular weight is 275 g/mol. The average Bonchev–Trinajstić information content (AvgIpc) is 2.71. The molecule has 0 saturated heterocycles. The molecule has 0 aliphatic heterocycles. The van der Waals surface area contributed by atoms with Gasteiger partial charge >= 0.3 is 0 Å². The van der Waals surface area contributed by atoms with Gasteiger partial charge in [-0.1, -0.05) is 13.8 Å². The van der Waals surface area contributed by atoms with Gasteiger partial charge in [0.05, 0.1) is 12.8 Å². The number of rotatable bonds is 4. The third-order valence-corrected chi connectivity index (χ3v) is 3.18. The van der Waals surface area contributed by atoms with Crippen molar-refractivity contribution in [3.8, 4) is 17.3 Å². The van der Waals surface area contributed by atoms with E-state index in [2.05, 4.69) is 34.2 Å². The van der Waals surface area contributed by atoms with Gasteiger partial charge in [0, 0.05) is 25.9 Å². The lowest BCUT2D eigenvalue weighted by Crippen LogP contribution is -2.03. The second kappa shape index (κ2) is 5.48. The van der Waals surface area contributed by atoms with Crippen LogP contribution in [0.2, 0.25) is 0 Å². The van der Waals surface area contributed by atoms with E-state index in [4.69, 9.17) is 4.74 Å². The van der Waals surface area contributed by atoms with Gasteiger partial charge < -0.3 is 10.1 Å². The summed E-state index contributed by atoms with van der Waals surface area (Å²) in [4.78, 5) is 9.18. The molecule has 2 aromatic heterocycles. The smallest absolute Gasteiger partial charge is 0.222 e. The van der Waals surface area contributed by atoms with Crippen LogP contribution in [0.1, 0.15) is 31.2 Å². The first-order valence-electron chi connectivity index (χ1n) is 6.62. The van der Waals surface area contributed by atoms with Gasteiger partial charge in [-0.2, -0.15) is 5.10 Å². The maximum absolute atomic E-state index is 5.43. The van der Waals surface area contributed by atoms with E-state index < -0.39 is 0 Å². The van der Waals surface area contributed by atoms with Crippen molar-refractivity contribution < 1.29 is 4.74 Å². The first kappa shape index (κ1) is 14.3. The molecule has 20 heavy (non-hydrogen) atoms. The van der Waals surface area contributed by atoms with Crippen LogP contribution in [-0.2, 0) is 7.05 Å². The van der Waals surface area contributed by atoms with Crippen LogP contribution in [0.25, 0.3) is 11.4 Å². The molecule has 0 radical (unpaired) electrons. The van der Waals surface area contributed by atoms with E-state index in [0.717, 1.165) is 22.8 Å². The standard InChI is InChI=1S/C14H21N5O/c1-8(2)10-7-11(15-4)17-13(16-10)12-9(3)18-19(5)14(12)20-6/h7-8H,1-6H3,(H,15,16,17). The van der Waals surface area contributed by atoms with Crippen LogP contribution in [0, 0.1) is 6.92 Å². The summed E-state index contributed by atoms with van der Waals surface area (Å²) in [6, 6.07) is 1.96. The molecular weight excluding hydrogens is 254 g/mol. The highest BCUT2D eigenvalue weighted by Crippen LogP contribution is 2.31. The van der Waals surface area contributed by atoms with Gasteiger partial charge in [0.2, 0.25) is 5.88 Å². The molecule has 0 fully saturated rings. The summed E-state index contributed by atoms with van der Waals surface area (Å²) in [7, 11) is 5.33. The van der Waals surface area contributed by atoms with Crippen LogP contribution in [0.5, 0.6) is 5.88 Å². The quantitative estimate of drug-likeness (QED) is 0.928. The first-order chi connectivity index (χ1) is 9.47. The highest BCUT2D eigenvalue weighted by molar-refractivity contribution is 5.66. The van der Waals surface area contributed by atoms with Crippen LogP contribution >= 0.6 is 0 Å². The second-order valence-corrected chi connectivity index (χ2v) is 5.00. The summed E-state index contributed by atoms with van der Waals surface area (Å²) in [5.74, 6) is 2.43. The number of nitrogens with one attached hydrogen (secondary N) is 1. The minimum atomic E-state index is 0.326. The Kier molecular flexibility index (Phi) is 3.92. The summed E-state index contributed by atoms with van der Waals surface area (Å²) < 4.78 is 7.13. The van der Waals surface area contributed by atoms with Crippen LogP contribution in [0.15, 0.2) is 6.07 Å². The molecule has 0 saturated carbocycles. The van der Waals surface area contributed by atoms with E-state index in [1.54, 1.807) is 11.8 Å². The van der Waals surface area contributed by atoms with E-state index >= 15 is 0 Å². The van der Waals surface area contributed by atoms with Gasteiger partial charge in [0.15, 0.2) is 5.82 Å². The lowest BCUT2D eigenvalue weighted by molar-refractivity contribution is 0.374. The van der Waals surface area contributed by atoms with Gasteiger partial charge in [0.1, 0.15) is 11.4 Å². The summed E-state index contributed by atoms with van der Waals surface area (Å²) in [5, 5.41) is 7.46. The molecule has 0 atom stereocenters. The zero-order valence-corrected chi connectivity index (χ0v) is 12.9. The molecule has 0 spiro atoms. The Morgan fingerprint density at radius 3 is 2.55 bits per heavy atom. The largest absolute Gasteiger partial charge is 0.481 e. The molecule has 0 aromatic carbocycles. The molecule has 0 unspecified atom stereocenters. The molecule has 2 aromatic rings. The van der Waals surface area contributed by atoms with Crippen molar-refractivity contribution in [1.82, 2.24) is 19.7 Å². The van der Waals surface area contributed by atoms with Crippen molar-refractivity contribution in [2.24, 2.45) is 7.05 Å². The molecule has 0 aliphatic carbocycles. The molecule has 2 rings (SSSR count). The van der Waals surface area contributed by atoms with Crippen molar-refractivity contribution >= 4 is 5.82 Å². The second-order valence-electron chi connectivity index (χ2n) is 5.00. The molecule has 108 valence electrons. The fourth-order valence-electron chi connectivity index (χ4n) is 2.13. The normalized spacial score (nSPS) is 10.9.